The van der Waals surface area contributed by atoms with E-state index in [1.54, 1.807) is 6.92 Å². The Balaban J connectivity index is 0.00000288. The molecule has 1 aromatic rings. The van der Waals surface area contributed by atoms with Crippen molar-refractivity contribution in [2.45, 2.75) is 43.8 Å². The average molecular weight is 387 g/mol. The van der Waals surface area contributed by atoms with Gasteiger partial charge in [-0.25, -0.2) is 13.1 Å². The third-order valence-electron chi connectivity index (χ3n) is 4.17. The number of rotatable bonds is 4. The molecule has 1 saturated heterocycles. The Morgan fingerprint density at radius 1 is 1.33 bits per heavy atom. The van der Waals surface area contributed by atoms with E-state index in [9.17, 15) is 21.6 Å². The SMILES string of the molecule is Cc1cc(C(F)(F)F)ccc1S(=O)(=O)NC(C)C1CCCNC1.Cl. The predicted molar refractivity (Wildman–Crippen MR) is 88.8 cm³/mol. The van der Waals surface area contributed by atoms with E-state index >= 15 is 0 Å². The van der Waals surface area contributed by atoms with Crippen LogP contribution in [0.5, 0.6) is 0 Å². The van der Waals surface area contributed by atoms with Gasteiger partial charge in [0.05, 0.1) is 10.5 Å². The molecule has 2 atom stereocenters. The highest BCUT2D eigenvalue weighted by Crippen LogP contribution is 2.31. The zero-order valence-electron chi connectivity index (χ0n) is 13.5. The lowest BCUT2D eigenvalue weighted by molar-refractivity contribution is -0.137. The molecule has 24 heavy (non-hydrogen) atoms. The van der Waals surface area contributed by atoms with E-state index in [4.69, 9.17) is 0 Å². The lowest BCUT2D eigenvalue weighted by atomic mass is 9.94. The maximum Gasteiger partial charge on any atom is 0.416 e. The summed E-state index contributed by atoms with van der Waals surface area (Å²) in [5, 5.41) is 3.22. The predicted octanol–water partition coefficient (Wildman–Crippen LogP) is 3.10. The third-order valence-corrected chi connectivity index (χ3v) is 5.89. The first-order chi connectivity index (χ1) is 10.6. The summed E-state index contributed by atoms with van der Waals surface area (Å²) in [4.78, 5) is -0.110. The highest BCUT2D eigenvalue weighted by Gasteiger charge is 2.32. The molecule has 0 saturated carbocycles. The van der Waals surface area contributed by atoms with Gasteiger partial charge in [0.1, 0.15) is 0 Å². The molecule has 0 aromatic heterocycles. The Morgan fingerprint density at radius 3 is 2.50 bits per heavy atom. The molecule has 0 aliphatic carbocycles. The van der Waals surface area contributed by atoms with Crippen molar-refractivity contribution in [1.29, 1.82) is 0 Å². The Kier molecular flexibility index (Phi) is 7.10. The fourth-order valence-corrected chi connectivity index (χ4v) is 4.38. The smallest absolute Gasteiger partial charge is 0.316 e. The van der Waals surface area contributed by atoms with Crippen LogP contribution >= 0.6 is 12.4 Å². The molecule has 0 radical (unpaired) electrons. The van der Waals surface area contributed by atoms with Crippen LogP contribution in [0.1, 0.15) is 30.9 Å². The van der Waals surface area contributed by atoms with Gasteiger partial charge in [0.2, 0.25) is 10.0 Å². The van der Waals surface area contributed by atoms with Crippen LogP contribution in [0.2, 0.25) is 0 Å². The van der Waals surface area contributed by atoms with Crippen molar-refractivity contribution in [3.63, 3.8) is 0 Å². The van der Waals surface area contributed by atoms with E-state index in [-0.39, 0.29) is 34.8 Å². The molecule has 1 heterocycles. The molecule has 0 bridgehead atoms. The summed E-state index contributed by atoms with van der Waals surface area (Å²) in [5.74, 6) is 0.174. The van der Waals surface area contributed by atoms with Crippen LogP contribution in [0.25, 0.3) is 0 Å². The van der Waals surface area contributed by atoms with Crippen molar-refractivity contribution in [3.8, 4) is 0 Å². The summed E-state index contributed by atoms with van der Waals surface area (Å²) in [7, 11) is -3.85. The fourth-order valence-electron chi connectivity index (χ4n) is 2.84. The van der Waals surface area contributed by atoms with Crippen molar-refractivity contribution in [3.05, 3.63) is 29.3 Å². The van der Waals surface area contributed by atoms with Crippen LogP contribution in [0, 0.1) is 12.8 Å². The molecule has 2 unspecified atom stereocenters. The maximum absolute atomic E-state index is 12.7. The van der Waals surface area contributed by atoms with Gasteiger partial charge in [-0.1, -0.05) is 0 Å². The second-order valence-corrected chi connectivity index (χ2v) is 7.68. The summed E-state index contributed by atoms with van der Waals surface area (Å²) in [6.45, 7) is 4.81. The van der Waals surface area contributed by atoms with Crippen LogP contribution in [0.4, 0.5) is 13.2 Å². The minimum Gasteiger partial charge on any atom is -0.316 e. The lowest BCUT2D eigenvalue weighted by Crippen LogP contribution is -2.44. The molecule has 2 N–H and O–H groups in total. The van der Waals surface area contributed by atoms with Gasteiger partial charge in [-0.3, -0.25) is 0 Å². The lowest BCUT2D eigenvalue weighted by Gasteiger charge is -2.29. The van der Waals surface area contributed by atoms with Gasteiger partial charge in [0, 0.05) is 6.04 Å². The van der Waals surface area contributed by atoms with Crippen LogP contribution in [-0.4, -0.2) is 27.5 Å². The first-order valence-corrected chi connectivity index (χ1v) is 9.00. The zero-order chi connectivity index (χ0) is 17.3. The molecule has 1 aromatic carbocycles. The van der Waals surface area contributed by atoms with Crippen molar-refractivity contribution < 1.29 is 21.6 Å². The molecular formula is C15H22ClF3N2O2S. The first-order valence-electron chi connectivity index (χ1n) is 7.52. The highest BCUT2D eigenvalue weighted by molar-refractivity contribution is 7.89. The molecule has 0 spiro atoms. The molecule has 1 fully saturated rings. The van der Waals surface area contributed by atoms with Crippen LogP contribution < -0.4 is 10.0 Å². The van der Waals surface area contributed by atoms with Crippen molar-refractivity contribution in [2.24, 2.45) is 5.92 Å². The number of nitrogens with one attached hydrogen (secondary N) is 2. The molecule has 4 nitrogen and oxygen atoms in total. The van der Waals surface area contributed by atoms with Crippen molar-refractivity contribution in [2.75, 3.05) is 13.1 Å². The highest BCUT2D eigenvalue weighted by atomic mass is 35.5. The normalized spacial score (nSPS) is 20.3. The van der Waals surface area contributed by atoms with Gasteiger partial charge in [0.25, 0.3) is 0 Å². The Hall–Kier alpha value is -0.830. The Labute approximate surface area is 146 Å². The second-order valence-electron chi connectivity index (χ2n) is 5.99. The second kappa shape index (κ2) is 8.03. The third kappa shape index (κ3) is 5.08. The molecule has 9 heteroatoms. The summed E-state index contributed by atoms with van der Waals surface area (Å²) < 4.78 is 65.5. The molecule has 1 aliphatic rings. The van der Waals surface area contributed by atoms with Crippen LogP contribution in [0.3, 0.4) is 0 Å². The van der Waals surface area contributed by atoms with E-state index in [0.29, 0.717) is 0 Å². The molecule has 138 valence electrons. The monoisotopic (exact) mass is 386 g/mol. The van der Waals surface area contributed by atoms with Crippen LogP contribution in [0.15, 0.2) is 23.1 Å². The van der Waals surface area contributed by atoms with Gasteiger partial charge >= 0.3 is 6.18 Å². The van der Waals surface area contributed by atoms with Crippen molar-refractivity contribution >= 4 is 22.4 Å². The molecule has 1 aliphatic heterocycles. The summed E-state index contributed by atoms with van der Waals surface area (Å²) in [6, 6.07) is 2.40. The fraction of sp³-hybridized carbons (Fsp3) is 0.600. The number of sulfonamides is 1. The van der Waals surface area contributed by atoms with Gasteiger partial charge in [-0.15, -0.1) is 12.4 Å². The number of piperidine rings is 1. The number of halogens is 4. The van der Waals surface area contributed by atoms with E-state index in [1.807, 2.05) is 0 Å². The average Bonchev–Trinajstić information content (AvgIpc) is 2.46. The Bertz CT molecular complexity index is 659. The number of benzene rings is 1. The van der Waals surface area contributed by atoms with Crippen LogP contribution in [-0.2, 0) is 16.2 Å². The zero-order valence-corrected chi connectivity index (χ0v) is 15.1. The van der Waals surface area contributed by atoms with Crippen molar-refractivity contribution in [1.82, 2.24) is 10.0 Å². The molecular weight excluding hydrogens is 365 g/mol. The summed E-state index contributed by atoms with van der Waals surface area (Å²) in [6.07, 6.45) is -2.58. The summed E-state index contributed by atoms with van der Waals surface area (Å²) >= 11 is 0. The van der Waals surface area contributed by atoms with Gasteiger partial charge < -0.3 is 5.32 Å². The standard InChI is InChI=1S/C15H21F3N2O2S.ClH/c1-10-8-13(15(16,17)18)5-6-14(10)23(21,22)20-11(2)12-4-3-7-19-9-12;/h5-6,8,11-12,19-20H,3-4,7,9H2,1-2H3;1H. The largest absolute Gasteiger partial charge is 0.416 e. The van der Waals surface area contributed by atoms with E-state index in [2.05, 4.69) is 10.0 Å². The number of aryl methyl sites for hydroxylation is 1. The number of alkyl halides is 3. The first kappa shape index (κ1) is 21.2. The van der Waals surface area contributed by atoms with Gasteiger partial charge in [-0.2, -0.15) is 13.2 Å². The van der Waals surface area contributed by atoms with Gasteiger partial charge in [0.15, 0.2) is 0 Å². The maximum atomic E-state index is 12.7. The quantitative estimate of drug-likeness (QED) is 0.836. The molecule has 2 rings (SSSR count). The minimum atomic E-state index is -4.48. The number of hydrogen-bond donors (Lipinski definition) is 2. The van der Waals surface area contributed by atoms with E-state index in [0.717, 1.165) is 44.1 Å². The minimum absolute atomic E-state index is 0. The number of hydrogen-bond acceptors (Lipinski definition) is 3. The molecule has 0 amide bonds. The van der Waals surface area contributed by atoms with Gasteiger partial charge in [-0.05, 0) is 69.5 Å². The topological polar surface area (TPSA) is 58.2 Å². The Morgan fingerprint density at radius 2 is 2.00 bits per heavy atom. The van der Waals surface area contributed by atoms with E-state index < -0.39 is 21.8 Å². The summed E-state index contributed by atoms with van der Waals surface area (Å²) in [5.41, 5.74) is -0.764. The van der Waals surface area contributed by atoms with E-state index in [1.165, 1.54) is 6.92 Å².